The number of rotatable bonds is 6. The Balaban J connectivity index is 2.22. The van der Waals surface area contributed by atoms with Gasteiger partial charge >= 0.3 is 6.09 Å². The zero-order valence-electron chi connectivity index (χ0n) is 13.2. The zero-order valence-corrected chi connectivity index (χ0v) is 15.6. The Bertz CT molecular complexity index is 562. The summed E-state index contributed by atoms with van der Waals surface area (Å²) in [6.45, 7) is 5.82. The summed E-state index contributed by atoms with van der Waals surface area (Å²) in [5.41, 5.74) is -0.0375. The quantitative estimate of drug-likeness (QED) is 0.728. The minimum atomic E-state index is -0.520. The molecular formula is C15H20Cl2N2O3S. The van der Waals surface area contributed by atoms with Gasteiger partial charge in [-0.2, -0.15) is 11.8 Å². The summed E-state index contributed by atoms with van der Waals surface area (Å²) in [5, 5.41) is 6.25. The molecule has 0 aromatic heterocycles. The van der Waals surface area contributed by atoms with Gasteiger partial charge in [-0.15, -0.1) is 0 Å². The summed E-state index contributed by atoms with van der Waals surface area (Å²) in [5.74, 6) is 0.658. The van der Waals surface area contributed by atoms with Gasteiger partial charge in [0.2, 0.25) is 5.91 Å². The highest BCUT2D eigenvalue weighted by atomic mass is 35.5. The molecule has 0 saturated carbocycles. The largest absolute Gasteiger partial charge is 0.444 e. The highest BCUT2D eigenvalue weighted by Crippen LogP contribution is 2.25. The second-order valence-corrected chi connectivity index (χ2v) is 7.60. The molecule has 0 heterocycles. The monoisotopic (exact) mass is 378 g/mol. The van der Waals surface area contributed by atoms with Crippen LogP contribution in [0.3, 0.4) is 0 Å². The van der Waals surface area contributed by atoms with Crippen LogP contribution in [0, 0.1) is 0 Å². The summed E-state index contributed by atoms with van der Waals surface area (Å²) in [7, 11) is 0. The van der Waals surface area contributed by atoms with Gasteiger partial charge in [0.25, 0.3) is 0 Å². The highest BCUT2D eigenvalue weighted by Gasteiger charge is 2.15. The van der Waals surface area contributed by atoms with Crippen molar-refractivity contribution in [2.75, 3.05) is 23.4 Å². The van der Waals surface area contributed by atoms with Crippen molar-refractivity contribution in [2.45, 2.75) is 26.4 Å². The summed E-state index contributed by atoms with van der Waals surface area (Å²) in [6.07, 6.45) is -0.465. The molecule has 0 aliphatic heterocycles. The molecule has 1 aromatic rings. The molecule has 0 unspecified atom stereocenters. The third-order valence-electron chi connectivity index (χ3n) is 2.35. The van der Waals surface area contributed by atoms with Crippen LogP contribution in [0.4, 0.5) is 10.5 Å². The first kappa shape index (κ1) is 19.9. The van der Waals surface area contributed by atoms with Crippen molar-refractivity contribution in [2.24, 2.45) is 0 Å². The SMILES string of the molecule is CC(C)(C)OC(=O)NCCSCC(=O)Nc1cc(Cl)ccc1Cl. The second-order valence-electron chi connectivity index (χ2n) is 5.65. The number of ether oxygens (including phenoxy) is 1. The molecule has 0 radical (unpaired) electrons. The summed E-state index contributed by atoms with van der Waals surface area (Å²) >= 11 is 13.2. The molecule has 5 nitrogen and oxygen atoms in total. The lowest BCUT2D eigenvalue weighted by molar-refractivity contribution is -0.113. The third-order valence-corrected chi connectivity index (χ3v) is 3.87. The Hall–Kier alpha value is -1.11. The first-order chi connectivity index (χ1) is 10.7. The fourth-order valence-corrected chi connectivity index (χ4v) is 2.47. The number of carbonyl (C=O) groups is 2. The highest BCUT2D eigenvalue weighted by molar-refractivity contribution is 7.99. The van der Waals surface area contributed by atoms with E-state index in [9.17, 15) is 9.59 Å². The number of carbonyl (C=O) groups excluding carboxylic acids is 2. The first-order valence-electron chi connectivity index (χ1n) is 6.97. The molecule has 1 aromatic carbocycles. The predicted octanol–water partition coefficient (Wildman–Crippen LogP) is 4.19. The Morgan fingerprint density at radius 3 is 2.61 bits per heavy atom. The van der Waals surface area contributed by atoms with Gasteiger partial charge in [-0.1, -0.05) is 23.2 Å². The number of alkyl carbamates (subject to hydrolysis) is 1. The number of thioether (sulfide) groups is 1. The lowest BCUT2D eigenvalue weighted by Gasteiger charge is -2.19. The summed E-state index contributed by atoms with van der Waals surface area (Å²) in [4.78, 5) is 23.2. The van der Waals surface area contributed by atoms with E-state index in [1.54, 1.807) is 39.0 Å². The maximum Gasteiger partial charge on any atom is 0.407 e. The van der Waals surface area contributed by atoms with Crippen molar-refractivity contribution in [1.29, 1.82) is 0 Å². The van der Waals surface area contributed by atoms with E-state index in [0.29, 0.717) is 28.0 Å². The molecule has 2 amide bonds. The first-order valence-corrected chi connectivity index (χ1v) is 8.88. The number of nitrogens with one attached hydrogen (secondary N) is 2. The zero-order chi connectivity index (χ0) is 17.5. The predicted molar refractivity (Wildman–Crippen MR) is 96.7 cm³/mol. The van der Waals surface area contributed by atoms with Gasteiger partial charge in [0.15, 0.2) is 0 Å². The standard InChI is InChI=1S/C15H20Cl2N2O3S/c1-15(2,3)22-14(21)18-6-7-23-9-13(20)19-12-8-10(16)4-5-11(12)17/h4-5,8H,6-7,9H2,1-3H3,(H,18,21)(H,19,20). The number of anilines is 1. The maximum absolute atomic E-state index is 11.8. The van der Waals surface area contributed by atoms with Crippen molar-refractivity contribution in [1.82, 2.24) is 5.32 Å². The van der Waals surface area contributed by atoms with Gasteiger partial charge in [-0.3, -0.25) is 4.79 Å². The van der Waals surface area contributed by atoms with Gasteiger partial charge in [-0.25, -0.2) is 4.79 Å². The van der Waals surface area contributed by atoms with E-state index in [1.807, 2.05) is 0 Å². The summed E-state index contributed by atoms with van der Waals surface area (Å²) < 4.78 is 5.10. The number of hydrogen-bond acceptors (Lipinski definition) is 4. The number of amides is 2. The molecular weight excluding hydrogens is 359 g/mol. The third kappa shape index (κ3) is 8.93. The number of hydrogen-bond donors (Lipinski definition) is 2. The molecule has 0 saturated heterocycles. The van der Waals surface area contributed by atoms with Crippen LogP contribution in [0.1, 0.15) is 20.8 Å². The van der Waals surface area contributed by atoms with Crippen molar-refractivity contribution in [3.8, 4) is 0 Å². The molecule has 0 bridgehead atoms. The fourth-order valence-electron chi connectivity index (χ4n) is 1.48. The van der Waals surface area contributed by atoms with Crippen molar-refractivity contribution in [3.63, 3.8) is 0 Å². The van der Waals surface area contributed by atoms with Crippen LogP contribution in [0.5, 0.6) is 0 Å². The van der Waals surface area contributed by atoms with E-state index in [2.05, 4.69) is 10.6 Å². The Morgan fingerprint density at radius 1 is 1.26 bits per heavy atom. The van der Waals surface area contributed by atoms with Crippen molar-refractivity contribution >= 4 is 52.7 Å². The van der Waals surface area contributed by atoms with E-state index in [-0.39, 0.29) is 11.7 Å². The average molecular weight is 379 g/mol. The minimum Gasteiger partial charge on any atom is -0.444 e. The average Bonchev–Trinajstić information content (AvgIpc) is 2.40. The van der Waals surface area contributed by atoms with Crippen LogP contribution in [0.2, 0.25) is 10.0 Å². The van der Waals surface area contributed by atoms with E-state index < -0.39 is 11.7 Å². The lowest BCUT2D eigenvalue weighted by atomic mass is 10.2. The molecule has 23 heavy (non-hydrogen) atoms. The van der Waals surface area contributed by atoms with Gasteiger partial charge in [0, 0.05) is 17.3 Å². The molecule has 1 rings (SSSR count). The molecule has 0 spiro atoms. The van der Waals surface area contributed by atoms with Gasteiger partial charge in [-0.05, 0) is 39.0 Å². The molecule has 128 valence electrons. The summed E-state index contributed by atoms with van der Waals surface area (Å²) in [6, 6.07) is 4.87. The molecule has 0 aliphatic carbocycles. The molecule has 0 aliphatic rings. The Kier molecular flexibility index (Phi) is 8.02. The smallest absolute Gasteiger partial charge is 0.407 e. The van der Waals surface area contributed by atoms with Crippen LogP contribution >= 0.6 is 35.0 Å². The van der Waals surface area contributed by atoms with Crippen LogP contribution in [0.25, 0.3) is 0 Å². The number of benzene rings is 1. The normalized spacial score (nSPS) is 11.0. The molecule has 8 heteroatoms. The minimum absolute atomic E-state index is 0.184. The van der Waals surface area contributed by atoms with Gasteiger partial charge < -0.3 is 15.4 Å². The Morgan fingerprint density at radius 2 is 1.96 bits per heavy atom. The van der Waals surface area contributed by atoms with E-state index in [1.165, 1.54) is 11.8 Å². The second kappa shape index (κ2) is 9.25. The van der Waals surface area contributed by atoms with Crippen molar-refractivity contribution in [3.05, 3.63) is 28.2 Å². The topological polar surface area (TPSA) is 67.4 Å². The lowest BCUT2D eigenvalue weighted by Crippen LogP contribution is -2.33. The van der Waals surface area contributed by atoms with E-state index in [0.717, 1.165) is 0 Å². The molecule has 0 fully saturated rings. The van der Waals surface area contributed by atoms with Crippen LogP contribution < -0.4 is 10.6 Å². The molecule has 2 N–H and O–H groups in total. The Labute approximate surface area is 150 Å². The van der Waals surface area contributed by atoms with E-state index in [4.69, 9.17) is 27.9 Å². The molecule has 0 atom stereocenters. The van der Waals surface area contributed by atoms with Crippen LogP contribution in [-0.2, 0) is 9.53 Å². The van der Waals surface area contributed by atoms with Gasteiger partial charge in [0.1, 0.15) is 5.60 Å². The van der Waals surface area contributed by atoms with E-state index >= 15 is 0 Å². The number of halogens is 2. The maximum atomic E-state index is 11.8. The van der Waals surface area contributed by atoms with Crippen LogP contribution in [-0.4, -0.2) is 35.7 Å². The fraction of sp³-hybridized carbons (Fsp3) is 0.467. The van der Waals surface area contributed by atoms with Crippen molar-refractivity contribution < 1.29 is 14.3 Å². The van der Waals surface area contributed by atoms with Gasteiger partial charge in [0.05, 0.1) is 16.5 Å². The van der Waals surface area contributed by atoms with Crippen LogP contribution in [0.15, 0.2) is 18.2 Å².